The summed E-state index contributed by atoms with van der Waals surface area (Å²) in [7, 11) is 0. The monoisotopic (exact) mass is 355 g/mol. The van der Waals surface area contributed by atoms with Crippen LogP contribution in [0, 0.1) is 18.3 Å². The van der Waals surface area contributed by atoms with Gasteiger partial charge < -0.3 is 14.7 Å². The second-order valence-electron chi connectivity index (χ2n) is 6.52. The molecule has 8 heteroatoms. The van der Waals surface area contributed by atoms with Crippen LogP contribution in [0.5, 0.6) is 0 Å². The maximum atomic E-state index is 12.6. The predicted molar refractivity (Wildman–Crippen MR) is 92.0 cm³/mol. The molecule has 2 saturated heterocycles. The Morgan fingerprint density at radius 3 is 2.00 bits per heavy atom. The average molecular weight is 355 g/mol. The molecule has 3 heterocycles. The van der Waals surface area contributed by atoms with Crippen molar-refractivity contribution in [1.29, 1.82) is 5.26 Å². The second kappa shape index (κ2) is 7.52. The minimum absolute atomic E-state index is 0.226. The van der Waals surface area contributed by atoms with Gasteiger partial charge in [-0.1, -0.05) is 0 Å². The highest BCUT2D eigenvalue weighted by Gasteiger charge is 2.32. The van der Waals surface area contributed by atoms with Crippen molar-refractivity contribution in [3.63, 3.8) is 0 Å². The van der Waals surface area contributed by atoms with Crippen LogP contribution < -0.4 is 0 Å². The SMILES string of the molecule is Cc1nc(C(=O)N2CCN(C(=O)C(=O)N3CCCC3)CC2)ccc1C#N. The number of carbonyl (C=O) groups is 3. The lowest BCUT2D eigenvalue weighted by molar-refractivity contribution is -0.152. The average Bonchev–Trinajstić information content (AvgIpc) is 3.21. The third-order valence-electron chi connectivity index (χ3n) is 4.86. The number of rotatable bonds is 1. The predicted octanol–water partition coefficient (Wildman–Crippen LogP) is 0.169. The number of hydrogen-bond acceptors (Lipinski definition) is 5. The third kappa shape index (κ3) is 3.52. The van der Waals surface area contributed by atoms with E-state index in [-0.39, 0.29) is 11.6 Å². The molecule has 2 aliphatic heterocycles. The molecule has 0 aliphatic carbocycles. The number of aryl methyl sites for hydroxylation is 1. The summed E-state index contributed by atoms with van der Waals surface area (Å²) >= 11 is 0. The summed E-state index contributed by atoms with van der Waals surface area (Å²) in [6.45, 7) is 4.37. The highest BCUT2D eigenvalue weighted by atomic mass is 16.2. The lowest BCUT2D eigenvalue weighted by Crippen LogP contribution is -2.54. The zero-order valence-corrected chi connectivity index (χ0v) is 14.8. The number of pyridine rings is 1. The minimum Gasteiger partial charge on any atom is -0.334 e. The zero-order chi connectivity index (χ0) is 18.7. The maximum absolute atomic E-state index is 12.6. The maximum Gasteiger partial charge on any atom is 0.312 e. The van der Waals surface area contributed by atoms with Crippen LogP contribution in [0.4, 0.5) is 0 Å². The molecule has 3 rings (SSSR count). The quantitative estimate of drug-likeness (QED) is 0.669. The van der Waals surface area contributed by atoms with Crippen molar-refractivity contribution in [3.8, 4) is 6.07 Å². The van der Waals surface area contributed by atoms with E-state index >= 15 is 0 Å². The summed E-state index contributed by atoms with van der Waals surface area (Å²) in [5.41, 5.74) is 1.25. The fourth-order valence-corrected chi connectivity index (χ4v) is 3.26. The first-order chi connectivity index (χ1) is 12.5. The van der Waals surface area contributed by atoms with Gasteiger partial charge in [0.05, 0.1) is 11.3 Å². The van der Waals surface area contributed by atoms with Crippen molar-refractivity contribution in [3.05, 3.63) is 29.1 Å². The van der Waals surface area contributed by atoms with E-state index in [1.807, 2.05) is 6.07 Å². The van der Waals surface area contributed by atoms with Crippen LogP contribution in [-0.4, -0.2) is 76.7 Å². The van der Waals surface area contributed by atoms with Gasteiger partial charge in [0.25, 0.3) is 5.91 Å². The molecule has 2 fully saturated rings. The smallest absolute Gasteiger partial charge is 0.312 e. The van der Waals surface area contributed by atoms with E-state index in [0.29, 0.717) is 50.5 Å². The Hall–Kier alpha value is -2.95. The molecule has 1 aromatic heterocycles. The zero-order valence-electron chi connectivity index (χ0n) is 14.8. The van der Waals surface area contributed by atoms with E-state index in [2.05, 4.69) is 4.98 Å². The van der Waals surface area contributed by atoms with E-state index < -0.39 is 11.8 Å². The lowest BCUT2D eigenvalue weighted by atomic mass is 10.2. The summed E-state index contributed by atoms with van der Waals surface area (Å²) in [5, 5.41) is 8.95. The Bertz CT molecular complexity index is 772. The largest absolute Gasteiger partial charge is 0.334 e. The van der Waals surface area contributed by atoms with Gasteiger partial charge in [0.2, 0.25) is 0 Å². The number of nitriles is 1. The van der Waals surface area contributed by atoms with E-state index in [4.69, 9.17) is 5.26 Å². The molecule has 26 heavy (non-hydrogen) atoms. The summed E-state index contributed by atoms with van der Waals surface area (Å²) in [4.78, 5) is 46.0. The molecule has 8 nitrogen and oxygen atoms in total. The van der Waals surface area contributed by atoms with Crippen LogP contribution in [0.15, 0.2) is 12.1 Å². The van der Waals surface area contributed by atoms with Crippen LogP contribution in [0.3, 0.4) is 0 Å². The number of carbonyl (C=O) groups excluding carboxylic acids is 3. The van der Waals surface area contributed by atoms with Crippen molar-refractivity contribution >= 4 is 17.7 Å². The fourth-order valence-electron chi connectivity index (χ4n) is 3.26. The summed E-state index contributed by atoms with van der Waals surface area (Å²) in [6, 6.07) is 5.16. The molecule has 1 aromatic rings. The molecule has 0 N–H and O–H groups in total. The molecule has 2 aliphatic rings. The number of amides is 3. The van der Waals surface area contributed by atoms with E-state index in [9.17, 15) is 14.4 Å². The van der Waals surface area contributed by atoms with Crippen molar-refractivity contribution in [1.82, 2.24) is 19.7 Å². The fraction of sp³-hybridized carbons (Fsp3) is 0.500. The molecule has 0 spiro atoms. The van der Waals surface area contributed by atoms with Gasteiger partial charge in [-0.2, -0.15) is 5.26 Å². The third-order valence-corrected chi connectivity index (χ3v) is 4.86. The number of piperazine rings is 1. The van der Waals surface area contributed by atoms with Crippen molar-refractivity contribution in [2.24, 2.45) is 0 Å². The van der Waals surface area contributed by atoms with E-state index in [0.717, 1.165) is 12.8 Å². The molecular formula is C18H21N5O3. The molecular weight excluding hydrogens is 334 g/mol. The van der Waals surface area contributed by atoms with Gasteiger partial charge in [0.1, 0.15) is 11.8 Å². The van der Waals surface area contributed by atoms with Gasteiger partial charge >= 0.3 is 11.8 Å². The second-order valence-corrected chi connectivity index (χ2v) is 6.52. The van der Waals surface area contributed by atoms with Crippen LogP contribution in [0.25, 0.3) is 0 Å². The molecule has 3 amide bonds. The molecule has 0 saturated carbocycles. The topological polar surface area (TPSA) is 97.6 Å². The van der Waals surface area contributed by atoms with Gasteiger partial charge in [-0.05, 0) is 31.9 Å². The number of likely N-dealkylation sites (tertiary alicyclic amines) is 1. The van der Waals surface area contributed by atoms with Crippen LogP contribution in [-0.2, 0) is 9.59 Å². The lowest BCUT2D eigenvalue weighted by Gasteiger charge is -2.34. The molecule has 136 valence electrons. The molecule has 0 atom stereocenters. The van der Waals surface area contributed by atoms with Gasteiger partial charge in [-0.3, -0.25) is 14.4 Å². The number of hydrogen-bond donors (Lipinski definition) is 0. The Kier molecular flexibility index (Phi) is 5.16. The first kappa shape index (κ1) is 17.9. The molecule has 0 radical (unpaired) electrons. The summed E-state index contributed by atoms with van der Waals surface area (Å²) in [6.07, 6.45) is 1.89. The Labute approximate surface area is 152 Å². The molecule has 0 unspecified atom stereocenters. The van der Waals surface area contributed by atoms with E-state index in [1.165, 1.54) is 4.90 Å². The minimum atomic E-state index is -0.480. The highest BCUT2D eigenvalue weighted by molar-refractivity contribution is 6.35. The van der Waals surface area contributed by atoms with Gasteiger partial charge in [0.15, 0.2) is 0 Å². The van der Waals surface area contributed by atoms with Crippen molar-refractivity contribution < 1.29 is 14.4 Å². The molecule has 0 aromatic carbocycles. The Morgan fingerprint density at radius 1 is 0.923 bits per heavy atom. The summed E-state index contributed by atoms with van der Waals surface area (Å²) < 4.78 is 0. The Balaban J connectivity index is 1.58. The van der Waals surface area contributed by atoms with Crippen molar-refractivity contribution in [2.75, 3.05) is 39.3 Å². The van der Waals surface area contributed by atoms with Gasteiger partial charge in [0, 0.05) is 39.3 Å². The van der Waals surface area contributed by atoms with Gasteiger partial charge in [-0.25, -0.2) is 4.98 Å². The Morgan fingerprint density at radius 2 is 1.46 bits per heavy atom. The first-order valence-corrected chi connectivity index (χ1v) is 8.76. The first-order valence-electron chi connectivity index (χ1n) is 8.76. The summed E-state index contributed by atoms with van der Waals surface area (Å²) in [5.74, 6) is -1.14. The van der Waals surface area contributed by atoms with Gasteiger partial charge in [-0.15, -0.1) is 0 Å². The highest BCUT2D eigenvalue weighted by Crippen LogP contribution is 2.13. The van der Waals surface area contributed by atoms with Crippen LogP contribution >= 0.6 is 0 Å². The normalized spacial score (nSPS) is 17.2. The standard InChI is InChI=1S/C18H21N5O3/c1-13-14(12-19)4-5-15(20-13)16(24)22-8-10-23(11-9-22)18(26)17(25)21-6-2-3-7-21/h4-5H,2-3,6-11H2,1H3. The number of aromatic nitrogens is 1. The van der Waals surface area contributed by atoms with Crippen LogP contribution in [0.2, 0.25) is 0 Å². The van der Waals surface area contributed by atoms with E-state index in [1.54, 1.807) is 28.9 Å². The van der Waals surface area contributed by atoms with Crippen LogP contribution in [0.1, 0.15) is 34.6 Å². The van der Waals surface area contributed by atoms with Crippen molar-refractivity contribution in [2.45, 2.75) is 19.8 Å². The number of nitrogens with zero attached hydrogens (tertiary/aromatic N) is 5. The molecule has 0 bridgehead atoms.